The Labute approximate surface area is 100.0 Å². The number of nitro groups is 1. The predicted octanol–water partition coefficient (Wildman–Crippen LogP) is 1.75. The fourth-order valence-electron chi connectivity index (χ4n) is 1.25. The van der Waals surface area contributed by atoms with Gasteiger partial charge in [0.25, 0.3) is 6.20 Å². The topological polar surface area (TPSA) is 71.3 Å². The van der Waals surface area contributed by atoms with Crippen LogP contribution in [0.1, 0.15) is 4.88 Å². The molecule has 0 saturated carbocycles. The second-order valence-corrected chi connectivity index (χ2v) is 4.66. The SMILES string of the molecule is O=[N+]([O-])C=C1NC=CN1Cc1cnc(Cl)s1. The second-order valence-electron chi connectivity index (χ2n) is 2.97. The highest BCUT2D eigenvalue weighted by Crippen LogP contribution is 2.21. The van der Waals surface area contributed by atoms with E-state index in [-0.39, 0.29) is 0 Å². The van der Waals surface area contributed by atoms with Crippen molar-refractivity contribution in [2.24, 2.45) is 0 Å². The minimum Gasteiger partial charge on any atom is -0.341 e. The Hall–Kier alpha value is -1.60. The molecule has 16 heavy (non-hydrogen) atoms. The minimum absolute atomic E-state index is 0.425. The van der Waals surface area contributed by atoms with Gasteiger partial charge in [-0.05, 0) is 0 Å². The summed E-state index contributed by atoms with van der Waals surface area (Å²) in [5, 5.41) is 13.1. The molecule has 1 aliphatic heterocycles. The lowest BCUT2D eigenvalue weighted by atomic mass is 10.5. The van der Waals surface area contributed by atoms with Gasteiger partial charge in [-0.2, -0.15) is 0 Å². The summed E-state index contributed by atoms with van der Waals surface area (Å²) in [4.78, 5) is 16.4. The molecule has 84 valence electrons. The van der Waals surface area contributed by atoms with Gasteiger partial charge in [0.1, 0.15) is 0 Å². The van der Waals surface area contributed by atoms with E-state index >= 15 is 0 Å². The van der Waals surface area contributed by atoms with Crippen molar-refractivity contribution >= 4 is 22.9 Å². The van der Waals surface area contributed by atoms with Crippen LogP contribution in [0.2, 0.25) is 4.47 Å². The van der Waals surface area contributed by atoms with Crippen LogP contribution < -0.4 is 5.32 Å². The highest BCUT2D eigenvalue weighted by Gasteiger charge is 2.16. The fourth-order valence-corrected chi connectivity index (χ4v) is 2.23. The Balaban J connectivity index is 2.09. The zero-order chi connectivity index (χ0) is 11.5. The largest absolute Gasteiger partial charge is 0.341 e. The van der Waals surface area contributed by atoms with Gasteiger partial charge in [-0.25, -0.2) is 4.98 Å². The number of hydrogen-bond donors (Lipinski definition) is 1. The van der Waals surface area contributed by atoms with Crippen molar-refractivity contribution in [3.8, 4) is 0 Å². The second kappa shape index (κ2) is 4.50. The predicted molar refractivity (Wildman–Crippen MR) is 60.0 cm³/mol. The fraction of sp³-hybridized carbons (Fsp3) is 0.125. The van der Waals surface area contributed by atoms with Crippen LogP contribution in [0.15, 0.2) is 30.6 Å². The molecule has 2 heterocycles. The first-order valence-electron chi connectivity index (χ1n) is 4.30. The maximum atomic E-state index is 10.4. The molecule has 1 aliphatic rings. The van der Waals surface area contributed by atoms with Crippen molar-refractivity contribution < 1.29 is 4.92 Å². The molecule has 8 heteroatoms. The Bertz CT molecular complexity index is 470. The van der Waals surface area contributed by atoms with Crippen LogP contribution in [-0.4, -0.2) is 14.8 Å². The summed E-state index contributed by atoms with van der Waals surface area (Å²) in [6.07, 6.45) is 5.94. The monoisotopic (exact) mass is 258 g/mol. The average Bonchev–Trinajstić information content (AvgIpc) is 2.77. The smallest absolute Gasteiger partial charge is 0.274 e. The lowest BCUT2D eigenvalue weighted by Crippen LogP contribution is -2.18. The Morgan fingerprint density at radius 3 is 3.19 bits per heavy atom. The summed E-state index contributed by atoms with van der Waals surface area (Å²) in [5.41, 5.74) is 0. The Morgan fingerprint density at radius 1 is 1.75 bits per heavy atom. The van der Waals surface area contributed by atoms with Crippen molar-refractivity contribution in [3.05, 3.63) is 50.1 Å². The molecule has 1 aromatic heterocycles. The highest BCUT2D eigenvalue weighted by molar-refractivity contribution is 7.15. The van der Waals surface area contributed by atoms with Crippen LogP contribution >= 0.6 is 22.9 Å². The summed E-state index contributed by atoms with van der Waals surface area (Å²) in [5.74, 6) is 0.425. The molecule has 0 atom stereocenters. The molecule has 6 nitrogen and oxygen atoms in total. The minimum atomic E-state index is -0.498. The first-order valence-corrected chi connectivity index (χ1v) is 5.50. The van der Waals surface area contributed by atoms with E-state index < -0.39 is 4.92 Å². The molecule has 0 aliphatic carbocycles. The van der Waals surface area contributed by atoms with E-state index in [4.69, 9.17) is 11.6 Å². The number of hydrogen-bond acceptors (Lipinski definition) is 6. The van der Waals surface area contributed by atoms with Gasteiger partial charge in [-0.3, -0.25) is 10.1 Å². The van der Waals surface area contributed by atoms with Gasteiger partial charge in [0.15, 0.2) is 10.3 Å². The van der Waals surface area contributed by atoms with Crippen molar-refractivity contribution in [3.63, 3.8) is 0 Å². The van der Waals surface area contributed by atoms with Crippen molar-refractivity contribution in [1.29, 1.82) is 0 Å². The van der Waals surface area contributed by atoms with Crippen LogP contribution in [0.25, 0.3) is 0 Å². The zero-order valence-electron chi connectivity index (χ0n) is 7.96. The Morgan fingerprint density at radius 2 is 2.56 bits per heavy atom. The lowest BCUT2D eigenvalue weighted by molar-refractivity contribution is -0.404. The quantitative estimate of drug-likeness (QED) is 0.661. The maximum Gasteiger partial charge on any atom is 0.274 e. The van der Waals surface area contributed by atoms with Crippen molar-refractivity contribution in [2.45, 2.75) is 6.54 Å². The standard InChI is InChI=1S/C8H7ClN4O2S/c9-8-11-3-6(16-8)4-12-2-1-10-7(12)5-13(14)15/h1-3,5,10H,4H2. The van der Waals surface area contributed by atoms with Gasteiger partial charge in [-0.15, -0.1) is 11.3 Å². The first-order chi connectivity index (χ1) is 7.65. The van der Waals surface area contributed by atoms with E-state index in [1.54, 1.807) is 23.5 Å². The van der Waals surface area contributed by atoms with E-state index in [1.807, 2.05) is 0 Å². The number of nitrogens with zero attached hydrogens (tertiary/aromatic N) is 3. The summed E-state index contributed by atoms with van der Waals surface area (Å²) in [6.45, 7) is 0.508. The Kier molecular flexibility index (Phi) is 3.07. The molecule has 0 radical (unpaired) electrons. The van der Waals surface area contributed by atoms with Gasteiger partial charge in [-0.1, -0.05) is 11.6 Å². The molecule has 0 fully saturated rings. The molecular weight excluding hydrogens is 252 g/mol. The van der Waals surface area contributed by atoms with Gasteiger partial charge in [0, 0.05) is 23.5 Å². The first kappa shape index (κ1) is 10.9. The van der Waals surface area contributed by atoms with Gasteiger partial charge in [0.2, 0.25) is 0 Å². The summed E-state index contributed by atoms with van der Waals surface area (Å²) in [7, 11) is 0. The summed E-state index contributed by atoms with van der Waals surface area (Å²) >= 11 is 7.05. The summed E-state index contributed by atoms with van der Waals surface area (Å²) < 4.78 is 0.464. The van der Waals surface area contributed by atoms with Crippen molar-refractivity contribution in [1.82, 2.24) is 15.2 Å². The van der Waals surface area contributed by atoms with E-state index in [1.165, 1.54) is 11.3 Å². The third-order valence-electron chi connectivity index (χ3n) is 1.87. The molecule has 0 aromatic carbocycles. The normalized spacial score (nSPS) is 16.8. The number of aromatic nitrogens is 1. The third kappa shape index (κ3) is 2.50. The molecular formula is C8H7ClN4O2S. The van der Waals surface area contributed by atoms with Crippen LogP contribution in [0.5, 0.6) is 0 Å². The number of rotatable bonds is 3. The van der Waals surface area contributed by atoms with Gasteiger partial charge < -0.3 is 10.2 Å². The van der Waals surface area contributed by atoms with E-state index in [0.717, 1.165) is 11.1 Å². The third-order valence-corrected chi connectivity index (χ3v) is 2.97. The van der Waals surface area contributed by atoms with Crippen LogP contribution in [0.3, 0.4) is 0 Å². The van der Waals surface area contributed by atoms with E-state index in [2.05, 4.69) is 10.3 Å². The molecule has 0 spiro atoms. The zero-order valence-corrected chi connectivity index (χ0v) is 9.53. The molecule has 0 unspecified atom stereocenters. The molecule has 0 bridgehead atoms. The van der Waals surface area contributed by atoms with E-state index in [9.17, 15) is 10.1 Å². The van der Waals surface area contributed by atoms with Crippen molar-refractivity contribution in [2.75, 3.05) is 0 Å². The van der Waals surface area contributed by atoms with Gasteiger partial charge >= 0.3 is 0 Å². The summed E-state index contributed by atoms with van der Waals surface area (Å²) in [6, 6.07) is 0. The average molecular weight is 259 g/mol. The van der Waals surface area contributed by atoms with Gasteiger partial charge in [0.05, 0.1) is 11.5 Å². The number of halogens is 1. The van der Waals surface area contributed by atoms with E-state index in [0.29, 0.717) is 16.8 Å². The lowest BCUT2D eigenvalue weighted by Gasteiger charge is -2.13. The highest BCUT2D eigenvalue weighted by atomic mass is 35.5. The van der Waals surface area contributed by atoms with Crippen LogP contribution in [0, 0.1) is 10.1 Å². The molecule has 1 aromatic rings. The van der Waals surface area contributed by atoms with Crippen LogP contribution in [0.4, 0.5) is 0 Å². The number of nitrogens with one attached hydrogen (secondary N) is 1. The molecule has 2 rings (SSSR count). The molecule has 1 N–H and O–H groups in total. The molecule has 0 amide bonds. The molecule has 0 saturated heterocycles. The maximum absolute atomic E-state index is 10.4. The van der Waals surface area contributed by atoms with Crippen LogP contribution in [-0.2, 0) is 6.54 Å². The number of thiazole rings is 1.